The van der Waals surface area contributed by atoms with Gasteiger partial charge in [-0.2, -0.15) is 0 Å². The number of nitrogens with one attached hydrogen (secondary N) is 1. The van der Waals surface area contributed by atoms with Gasteiger partial charge in [-0.25, -0.2) is 0 Å². The van der Waals surface area contributed by atoms with Crippen LogP contribution in [-0.2, 0) is 16.0 Å². The first-order chi connectivity index (χ1) is 8.49. The Morgan fingerprint density at radius 2 is 1.89 bits per heavy atom. The topological polar surface area (TPSA) is 86.6 Å². The van der Waals surface area contributed by atoms with Gasteiger partial charge in [0, 0.05) is 12.1 Å². The first kappa shape index (κ1) is 14.2. The van der Waals surface area contributed by atoms with Crippen molar-refractivity contribution in [1.82, 2.24) is 0 Å². The summed E-state index contributed by atoms with van der Waals surface area (Å²) in [4.78, 5) is 21.6. The molecule has 98 valence electrons. The maximum absolute atomic E-state index is 11.2. The maximum Gasteiger partial charge on any atom is 0.303 e. The van der Waals surface area contributed by atoms with Crippen LogP contribution >= 0.6 is 0 Å². The van der Waals surface area contributed by atoms with Crippen molar-refractivity contribution in [1.29, 1.82) is 0 Å². The molecule has 18 heavy (non-hydrogen) atoms. The molecular weight excluding hydrogens is 234 g/mol. The summed E-state index contributed by atoms with van der Waals surface area (Å²) in [5.74, 6) is -1.25. The molecule has 1 aromatic rings. The zero-order chi connectivity index (χ0) is 13.5. The molecular formula is C13H17NO4. The molecule has 0 aromatic heterocycles. The number of rotatable bonds is 6. The van der Waals surface area contributed by atoms with Crippen LogP contribution in [0.4, 0.5) is 5.69 Å². The number of aryl methyl sites for hydroxylation is 1. The summed E-state index contributed by atoms with van der Waals surface area (Å²) >= 11 is 0. The number of aliphatic carboxylic acids is 1. The van der Waals surface area contributed by atoms with Crippen LogP contribution in [0.2, 0.25) is 0 Å². The van der Waals surface area contributed by atoms with E-state index in [1.165, 1.54) is 6.92 Å². The minimum Gasteiger partial charge on any atom is -0.481 e. The van der Waals surface area contributed by atoms with Crippen molar-refractivity contribution in [3.63, 3.8) is 0 Å². The van der Waals surface area contributed by atoms with E-state index in [0.717, 1.165) is 5.56 Å². The quantitative estimate of drug-likeness (QED) is 0.713. The molecule has 0 bridgehead atoms. The fraction of sp³-hybridized carbons (Fsp3) is 0.385. The van der Waals surface area contributed by atoms with Gasteiger partial charge in [0.15, 0.2) is 0 Å². The van der Waals surface area contributed by atoms with Gasteiger partial charge in [0.05, 0.1) is 0 Å². The summed E-state index contributed by atoms with van der Waals surface area (Å²) in [6.07, 6.45) is 0.395. The largest absolute Gasteiger partial charge is 0.481 e. The lowest BCUT2D eigenvalue weighted by molar-refractivity contribution is -0.137. The lowest BCUT2D eigenvalue weighted by Gasteiger charge is -2.07. The van der Waals surface area contributed by atoms with Crippen LogP contribution in [0.1, 0.15) is 25.3 Å². The molecule has 1 rings (SSSR count). The third-order valence-corrected chi connectivity index (χ3v) is 2.46. The molecule has 0 aliphatic carbocycles. The summed E-state index contributed by atoms with van der Waals surface area (Å²) in [7, 11) is 0. The second kappa shape index (κ2) is 6.76. The number of aliphatic hydroxyl groups excluding tert-OH is 1. The summed E-state index contributed by atoms with van der Waals surface area (Å²) in [5, 5.41) is 20.1. The molecule has 1 amide bonds. The van der Waals surface area contributed by atoms with Gasteiger partial charge in [-0.05, 0) is 37.5 Å². The second-order valence-electron chi connectivity index (χ2n) is 4.11. The highest BCUT2D eigenvalue weighted by molar-refractivity contribution is 5.93. The van der Waals surface area contributed by atoms with E-state index in [0.29, 0.717) is 18.5 Å². The van der Waals surface area contributed by atoms with Gasteiger partial charge in [0.25, 0.3) is 5.91 Å². The Labute approximate surface area is 105 Å². The summed E-state index contributed by atoms with van der Waals surface area (Å²) in [5.41, 5.74) is 1.63. The normalized spacial score (nSPS) is 11.9. The average Bonchev–Trinajstić information content (AvgIpc) is 2.30. The Morgan fingerprint density at radius 3 is 2.39 bits per heavy atom. The number of hydrogen-bond donors (Lipinski definition) is 3. The second-order valence-corrected chi connectivity index (χ2v) is 4.11. The molecule has 0 saturated carbocycles. The molecule has 0 aliphatic rings. The monoisotopic (exact) mass is 251 g/mol. The first-order valence-electron chi connectivity index (χ1n) is 5.78. The Morgan fingerprint density at radius 1 is 1.28 bits per heavy atom. The summed E-state index contributed by atoms with van der Waals surface area (Å²) < 4.78 is 0. The molecule has 0 aliphatic heterocycles. The number of carboxylic acids is 1. The van der Waals surface area contributed by atoms with Gasteiger partial charge in [-0.15, -0.1) is 0 Å². The van der Waals surface area contributed by atoms with Crippen LogP contribution < -0.4 is 5.32 Å². The lowest BCUT2D eigenvalue weighted by Crippen LogP contribution is -2.24. The number of benzene rings is 1. The number of carboxylic acid groups (broad SMARTS) is 1. The predicted octanol–water partition coefficient (Wildman–Crippen LogP) is 1.41. The van der Waals surface area contributed by atoms with Crippen LogP contribution in [0.3, 0.4) is 0 Å². The van der Waals surface area contributed by atoms with Gasteiger partial charge in [-0.3, -0.25) is 9.59 Å². The smallest absolute Gasteiger partial charge is 0.303 e. The standard InChI is InChI=1S/C13H17NO4/c1-9(15)13(18)14-11-7-5-10(6-8-11)3-2-4-12(16)17/h5-9,15H,2-4H2,1H3,(H,14,18)(H,16,17). The van der Waals surface area contributed by atoms with E-state index < -0.39 is 18.0 Å². The highest BCUT2D eigenvalue weighted by Gasteiger charge is 2.08. The summed E-state index contributed by atoms with van der Waals surface area (Å²) in [6, 6.07) is 7.13. The third-order valence-electron chi connectivity index (χ3n) is 2.46. The Hall–Kier alpha value is -1.88. The van der Waals surface area contributed by atoms with Crippen molar-refractivity contribution in [2.75, 3.05) is 5.32 Å². The number of carbonyl (C=O) groups is 2. The average molecular weight is 251 g/mol. The van der Waals surface area contributed by atoms with Crippen molar-refractivity contribution >= 4 is 17.6 Å². The number of amides is 1. The number of carbonyl (C=O) groups excluding carboxylic acids is 1. The highest BCUT2D eigenvalue weighted by Crippen LogP contribution is 2.12. The fourth-order valence-corrected chi connectivity index (χ4v) is 1.45. The zero-order valence-electron chi connectivity index (χ0n) is 10.2. The molecule has 0 radical (unpaired) electrons. The van der Waals surface area contributed by atoms with Gasteiger partial charge >= 0.3 is 5.97 Å². The SMILES string of the molecule is CC(O)C(=O)Nc1ccc(CCCC(=O)O)cc1. The number of aliphatic hydroxyl groups is 1. The van der Waals surface area contributed by atoms with Crippen molar-refractivity contribution < 1.29 is 19.8 Å². The van der Waals surface area contributed by atoms with E-state index >= 15 is 0 Å². The van der Waals surface area contributed by atoms with Crippen molar-refractivity contribution in [3.05, 3.63) is 29.8 Å². The fourth-order valence-electron chi connectivity index (χ4n) is 1.45. The highest BCUT2D eigenvalue weighted by atomic mass is 16.4. The van der Waals surface area contributed by atoms with Crippen molar-refractivity contribution in [3.8, 4) is 0 Å². The van der Waals surface area contributed by atoms with Crippen LogP contribution in [0.15, 0.2) is 24.3 Å². The Kier molecular flexibility index (Phi) is 5.32. The molecule has 0 fully saturated rings. The van der Waals surface area contributed by atoms with E-state index in [1.807, 2.05) is 12.1 Å². The van der Waals surface area contributed by atoms with E-state index in [2.05, 4.69) is 5.32 Å². The van der Waals surface area contributed by atoms with Crippen LogP contribution in [0.25, 0.3) is 0 Å². The third kappa shape index (κ3) is 4.97. The minimum absolute atomic E-state index is 0.153. The minimum atomic E-state index is -1.04. The maximum atomic E-state index is 11.2. The molecule has 0 saturated heterocycles. The van der Waals surface area contributed by atoms with Crippen LogP contribution in [-0.4, -0.2) is 28.2 Å². The Bertz CT molecular complexity index is 412. The van der Waals surface area contributed by atoms with Crippen LogP contribution in [0.5, 0.6) is 0 Å². The van der Waals surface area contributed by atoms with Gasteiger partial charge in [0.1, 0.15) is 6.10 Å². The van der Waals surface area contributed by atoms with Gasteiger partial charge in [0.2, 0.25) is 0 Å². The van der Waals surface area contributed by atoms with Gasteiger partial charge in [-0.1, -0.05) is 12.1 Å². The molecule has 1 aromatic carbocycles. The van der Waals surface area contributed by atoms with Crippen LogP contribution in [0, 0.1) is 0 Å². The van der Waals surface area contributed by atoms with E-state index in [9.17, 15) is 9.59 Å². The molecule has 1 unspecified atom stereocenters. The Balaban J connectivity index is 2.47. The van der Waals surface area contributed by atoms with E-state index in [-0.39, 0.29) is 6.42 Å². The molecule has 3 N–H and O–H groups in total. The molecule has 5 nitrogen and oxygen atoms in total. The summed E-state index contributed by atoms with van der Waals surface area (Å²) in [6.45, 7) is 1.40. The first-order valence-corrected chi connectivity index (χ1v) is 5.78. The molecule has 1 atom stereocenters. The predicted molar refractivity (Wildman–Crippen MR) is 67.3 cm³/mol. The van der Waals surface area contributed by atoms with E-state index in [4.69, 9.17) is 10.2 Å². The molecule has 0 heterocycles. The lowest BCUT2D eigenvalue weighted by atomic mass is 10.1. The number of hydrogen-bond acceptors (Lipinski definition) is 3. The molecule has 5 heteroatoms. The molecule has 0 spiro atoms. The van der Waals surface area contributed by atoms with E-state index in [1.54, 1.807) is 12.1 Å². The zero-order valence-corrected chi connectivity index (χ0v) is 10.2. The number of anilines is 1. The van der Waals surface area contributed by atoms with Crippen molar-refractivity contribution in [2.24, 2.45) is 0 Å². The van der Waals surface area contributed by atoms with Gasteiger partial charge < -0.3 is 15.5 Å². The van der Waals surface area contributed by atoms with Crippen molar-refractivity contribution in [2.45, 2.75) is 32.3 Å².